The Bertz CT molecular complexity index is 1640. The molecule has 85 heavy (non-hydrogen) atoms. The second kappa shape index (κ2) is 64.7. The number of carbonyl (C=O) groups excluding carboxylic acids is 2. The summed E-state index contributed by atoms with van der Waals surface area (Å²) in [6.07, 6.45) is 83.4. The smallest absolute Gasteiger partial charge is 0.306 e. The van der Waals surface area contributed by atoms with E-state index < -0.39 is 26.6 Å². The van der Waals surface area contributed by atoms with Crippen molar-refractivity contribution in [3.05, 3.63) is 60.8 Å². The van der Waals surface area contributed by atoms with Crippen molar-refractivity contribution >= 4 is 19.7 Å². The first-order chi connectivity index (χ1) is 41.4. The van der Waals surface area contributed by atoms with Crippen molar-refractivity contribution in [2.24, 2.45) is 0 Å². The molecule has 0 radical (unpaired) electrons. The number of amides is 1. The number of phosphoric acid groups is 1. The van der Waals surface area contributed by atoms with Crippen LogP contribution in [0, 0.1) is 0 Å². The largest absolute Gasteiger partial charge is 0.756 e. The number of allylic oxidation sites excluding steroid dienone is 9. The second-order valence-electron chi connectivity index (χ2n) is 26.1. The molecule has 3 unspecified atom stereocenters. The number of ether oxygens (including phenoxy) is 1. The van der Waals surface area contributed by atoms with Crippen LogP contribution in [0.1, 0.15) is 355 Å². The molecule has 0 spiro atoms. The Morgan fingerprint density at radius 1 is 0.412 bits per heavy atom. The van der Waals surface area contributed by atoms with Crippen molar-refractivity contribution in [1.82, 2.24) is 5.32 Å². The predicted molar refractivity (Wildman–Crippen MR) is 367 cm³/mol. The highest BCUT2D eigenvalue weighted by atomic mass is 31.2. The Morgan fingerprint density at radius 2 is 0.718 bits per heavy atom. The molecule has 0 aromatic carbocycles. The number of quaternary nitrogens is 1. The lowest BCUT2D eigenvalue weighted by molar-refractivity contribution is -0.870. The van der Waals surface area contributed by atoms with Crippen LogP contribution in [0.4, 0.5) is 0 Å². The average molecular weight is 1210 g/mol. The molecule has 9 nitrogen and oxygen atoms in total. The number of rotatable bonds is 67. The number of nitrogens with zero attached hydrogens (tertiary/aromatic N) is 1. The van der Waals surface area contributed by atoms with Gasteiger partial charge in [-0.3, -0.25) is 14.2 Å². The molecule has 0 heterocycles. The molecule has 0 rings (SSSR count). The summed E-state index contributed by atoms with van der Waals surface area (Å²) in [4.78, 5) is 40.2. The molecular formula is C75H141N2O7P. The minimum Gasteiger partial charge on any atom is -0.756 e. The van der Waals surface area contributed by atoms with Crippen LogP contribution in [0.2, 0.25) is 0 Å². The Balaban J connectivity index is 5.10. The minimum atomic E-state index is -4.71. The molecule has 0 aliphatic carbocycles. The summed E-state index contributed by atoms with van der Waals surface area (Å²) in [5, 5.41) is 3.04. The van der Waals surface area contributed by atoms with Crippen LogP contribution in [0.25, 0.3) is 0 Å². The van der Waals surface area contributed by atoms with Gasteiger partial charge in [0.25, 0.3) is 7.82 Å². The summed E-state index contributed by atoms with van der Waals surface area (Å²) >= 11 is 0. The summed E-state index contributed by atoms with van der Waals surface area (Å²) in [6.45, 7) is 6.86. The van der Waals surface area contributed by atoms with E-state index in [-0.39, 0.29) is 24.9 Å². The van der Waals surface area contributed by atoms with Gasteiger partial charge in [-0.05, 0) is 76.7 Å². The SMILES string of the molecule is CCCCC/C=C\C/C=C\C/C=C\C/C=C\CCCCCCCCCC(=O)NC(COP(=O)([O-])OCC[N+](C)(C)C)C(/C=C/CCCCCCCCCCCCC)OC(=O)CCCCCCCCCCCCCCCCCCCCCCCCC. The van der Waals surface area contributed by atoms with Gasteiger partial charge in [-0.2, -0.15) is 0 Å². The first-order valence-corrected chi connectivity index (χ1v) is 38.1. The summed E-state index contributed by atoms with van der Waals surface area (Å²) in [7, 11) is 1.19. The van der Waals surface area contributed by atoms with E-state index in [0.29, 0.717) is 17.4 Å². The molecule has 0 aromatic rings. The van der Waals surface area contributed by atoms with E-state index in [1.807, 2.05) is 33.3 Å². The predicted octanol–water partition coefficient (Wildman–Crippen LogP) is 22.7. The lowest BCUT2D eigenvalue weighted by Gasteiger charge is -2.30. The summed E-state index contributed by atoms with van der Waals surface area (Å²) in [5.74, 6) is -0.537. The lowest BCUT2D eigenvalue weighted by atomic mass is 10.0. The molecule has 0 aromatic heterocycles. The summed E-state index contributed by atoms with van der Waals surface area (Å²) < 4.78 is 30.5. The fourth-order valence-corrected chi connectivity index (χ4v) is 11.5. The van der Waals surface area contributed by atoms with Crippen LogP contribution in [-0.4, -0.2) is 69.4 Å². The number of carbonyl (C=O) groups is 2. The molecule has 0 saturated carbocycles. The Hall–Kier alpha value is -2.29. The maximum atomic E-state index is 13.6. The Morgan fingerprint density at radius 3 is 1.09 bits per heavy atom. The van der Waals surface area contributed by atoms with E-state index in [1.54, 1.807) is 0 Å². The van der Waals surface area contributed by atoms with Crippen molar-refractivity contribution in [3.8, 4) is 0 Å². The average Bonchev–Trinajstić information content (AvgIpc) is 3.52. The second-order valence-corrected chi connectivity index (χ2v) is 27.5. The fraction of sp³-hybridized carbons (Fsp3) is 0.840. The Kier molecular flexibility index (Phi) is 62.9. The van der Waals surface area contributed by atoms with Gasteiger partial charge in [-0.15, -0.1) is 0 Å². The zero-order chi connectivity index (χ0) is 62.1. The lowest BCUT2D eigenvalue weighted by Crippen LogP contribution is -2.47. The molecule has 498 valence electrons. The van der Waals surface area contributed by atoms with Gasteiger partial charge in [0.2, 0.25) is 5.91 Å². The van der Waals surface area contributed by atoms with Gasteiger partial charge in [0.15, 0.2) is 0 Å². The molecule has 0 aliphatic rings. The van der Waals surface area contributed by atoms with Gasteiger partial charge >= 0.3 is 5.97 Å². The topological polar surface area (TPSA) is 114 Å². The van der Waals surface area contributed by atoms with Crippen LogP contribution in [-0.2, 0) is 27.9 Å². The van der Waals surface area contributed by atoms with Crippen LogP contribution < -0.4 is 10.2 Å². The highest BCUT2D eigenvalue weighted by Crippen LogP contribution is 2.38. The van der Waals surface area contributed by atoms with Crippen molar-refractivity contribution in [2.45, 2.75) is 367 Å². The first-order valence-electron chi connectivity index (χ1n) is 36.6. The Labute approximate surface area is 528 Å². The van der Waals surface area contributed by atoms with Crippen molar-refractivity contribution < 1.29 is 37.3 Å². The molecule has 3 atom stereocenters. The van der Waals surface area contributed by atoms with E-state index in [9.17, 15) is 19.0 Å². The number of hydrogen-bond donors (Lipinski definition) is 1. The van der Waals surface area contributed by atoms with Gasteiger partial charge in [0.05, 0.1) is 33.8 Å². The van der Waals surface area contributed by atoms with Gasteiger partial charge in [0, 0.05) is 12.8 Å². The van der Waals surface area contributed by atoms with Gasteiger partial charge < -0.3 is 28.5 Å². The maximum absolute atomic E-state index is 13.6. The third-order valence-electron chi connectivity index (χ3n) is 16.5. The summed E-state index contributed by atoms with van der Waals surface area (Å²) in [6, 6.07) is -0.895. The number of esters is 1. The van der Waals surface area contributed by atoms with Crippen molar-refractivity contribution in [1.29, 1.82) is 0 Å². The minimum absolute atomic E-state index is 0.0243. The van der Waals surface area contributed by atoms with Gasteiger partial charge in [-0.1, -0.05) is 326 Å². The summed E-state index contributed by atoms with van der Waals surface area (Å²) in [5.41, 5.74) is 0. The van der Waals surface area contributed by atoms with Gasteiger partial charge in [-0.25, -0.2) is 0 Å². The van der Waals surface area contributed by atoms with Crippen LogP contribution in [0.5, 0.6) is 0 Å². The molecule has 1 N–H and O–H groups in total. The van der Waals surface area contributed by atoms with E-state index in [1.165, 1.54) is 231 Å². The van der Waals surface area contributed by atoms with E-state index in [4.69, 9.17) is 13.8 Å². The number of hydrogen-bond acceptors (Lipinski definition) is 7. The number of nitrogens with one attached hydrogen (secondary N) is 1. The third kappa shape index (κ3) is 66.0. The standard InChI is InChI=1S/C75H141N2O7P/c1-7-10-13-16-19-22-25-28-30-32-34-36-38-40-42-44-46-49-52-55-58-61-64-67-74(78)76-72(71-83-85(80,81)82-70-69-77(4,5)6)73(66-63-60-57-54-51-48-27-24-21-18-15-12-9-3)84-75(79)68-65-62-59-56-53-50-47-45-43-41-39-37-35-33-31-29-26-23-20-17-14-11-8-2/h19,22,28,30,34,36,40,42,63,66,72-73H,7-18,20-21,23-27,29,31-33,35,37-39,41,43-62,64-65,67-71H2,1-6H3,(H-,76,78,80,81)/b22-19-,30-28-,36-34-,42-40-,66-63+. The van der Waals surface area contributed by atoms with E-state index >= 15 is 0 Å². The molecule has 0 saturated heterocycles. The third-order valence-corrected chi connectivity index (χ3v) is 17.4. The zero-order valence-corrected chi connectivity index (χ0v) is 58.0. The van der Waals surface area contributed by atoms with Crippen LogP contribution >= 0.6 is 7.82 Å². The highest BCUT2D eigenvalue weighted by Gasteiger charge is 2.27. The van der Waals surface area contributed by atoms with E-state index in [2.05, 4.69) is 74.7 Å². The molecule has 0 aliphatic heterocycles. The number of unbranched alkanes of at least 4 members (excludes halogenated alkanes) is 43. The fourth-order valence-electron chi connectivity index (χ4n) is 10.8. The van der Waals surface area contributed by atoms with Crippen molar-refractivity contribution in [2.75, 3.05) is 40.9 Å². The molecule has 10 heteroatoms. The monoisotopic (exact) mass is 1210 g/mol. The normalized spacial score (nSPS) is 13.8. The van der Waals surface area contributed by atoms with Crippen molar-refractivity contribution in [3.63, 3.8) is 0 Å². The quantitative estimate of drug-likeness (QED) is 0.0212. The van der Waals surface area contributed by atoms with Crippen LogP contribution in [0.15, 0.2) is 60.8 Å². The molecule has 1 amide bonds. The van der Waals surface area contributed by atoms with E-state index in [0.717, 1.165) is 89.9 Å². The highest BCUT2D eigenvalue weighted by molar-refractivity contribution is 7.45. The maximum Gasteiger partial charge on any atom is 0.306 e. The number of phosphoric ester groups is 1. The van der Waals surface area contributed by atoms with Crippen LogP contribution in [0.3, 0.4) is 0 Å². The molecule has 0 bridgehead atoms. The molecule has 0 fully saturated rings. The van der Waals surface area contributed by atoms with Gasteiger partial charge in [0.1, 0.15) is 19.3 Å². The first kappa shape index (κ1) is 82.7. The zero-order valence-electron chi connectivity index (χ0n) is 57.1. The molecular weight excluding hydrogens is 1070 g/mol. The number of likely N-dealkylation sites (N-methyl/N-ethyl adjacent to an activating group) is 1.